The van der Waals surface area contributed by atoms with Crippen LogP contribution in [0, 0.1) is 0 Å². The minimum atomic E-state index is -4.27. The minimum absolute atomic E-state index is 0.0251. The van der Waals surface area contributed by atoms with Gasteiger partial charge in [0.2, 0.25) is 0 Å². The molecule has 0 bridgehead atoms. The first-order valence-corrected chi connectivity index (χ1v) is 5.26. The molecule has 12 heavy (non-hydrogen) atoms. The van der Waals surface area contributed by atoms with Gasteiger partial charge in [-0.3, -0.25) is 4.55 Å². The molecule has 0 aromatic heterocycles. The molecular formula is C6H6Cl2O3S. The predicted octanol–water partition coefficient (Wildman–Crippen LogP) is 1.89. The molecule has 1 aliphatic rings. The van der Waals surface area contributed by atoms with Gasteiger partial charge in [-0.25, -0.2) is 0 Å². The van der Waals surface area contributed by atoms with E-state index in [9.17, 15) is 8.42 Å². The van der Waals surface area contributed by atoms with Crippen molar-refractivity contribution in [1.82, 2.24) is 0 Å². The van der Waals surface area contributed by atoms with E-state index in [2.05, 4.69) is 0 Å². The Kier molecular flexibility index (Phi) is 2.54. The summed E-state index contributed by atoms with van der Waals surface area (Å²) in [5.74, 6) is 0. The summed E-state index contributed by atoms with van der Waals surface area (Å²) in [5, 5.41) is 0.412. The van der Waals surface area contributed by atoms with Gasteiger partial charge in [-0.1, -0.05) is 29.3 Å². The first-order valence-electron chi connectivity index (χ1n) is 3.06. The number of hydrogen-bond acceptors (Lipinski definition) is 2. The Bertz CT molecular complexity index is 344. The molecule has 1 atom stereocenters. The third kappa shape index (κ3) is 1.82. The fourth-order valence-electron chi connectivity index (χ4n) is 0.768. The molecule has 0 aromatic rings. The van der Waals surface area contributed by atoms with Gasteiger partial charge in [0.25, 0.3) is 10.1 Å². The molecule has 0 saturated carbocycles. The molecule has 0 radical (unpaired) electrons. The molecule has 0 spiro atoms. The number of halogens is 2. The lowest BCUT2D eigenvalue weighted by atomic mass is 10.2. The van der Waals surface area contributed by atoms with E-state index < -0.39 is 14.3 Å². The molecule has 0 fully saturated rings. The van der Waals surface area contributed by atoms with Crippen LogP contribution < -0.4 is 0 Å². The molecule has 0 aliphatic heterocycles. The van der Waals surface area contributed by atoms with Gasteiger partial charge in [0, 0.05) is 11.5 Å². The monoisotopic (exact) mass is 228 g/mol. The van der Waals surface area contributed by atoms with Gasteiger partial charge < -0.3 is 0 Å². The average Bonchev–Trinajstić information content (AvgIpc) is 1.93. The largest absolute Gasteiger partial charge is 0.288 e. The summed E-state index contributed by atoms with van der Waals surface area (Å²) < 4.78 is 28.4. The Morgan fingerprint density at radius 2 is 2.17 bits per heavy atom. The van der Waals surface area contributed by atoms with E-state index in [1.807, 2.05) is 0 Å². The van der Waals surface area contributed by atoms with E-state index in [1.54, 1.807) is 0 Å². The summed E-state index contributed by atoms with van der Waals surface area (Å²) in [6.07, 6.45) is 3.91. The van der Waals surface area contributed by atoms with Crippen molar-refractivity contribution in [3.8, 4) is 0 Å². The zero-order chi connectivity index (χ0) is 9.41. The second-order valence-corrected chi connectivity index (χ2v) is 5.40. The SMILES string of the molecule is O=S(=O)(O)C1(Cl)C=CC(Cl)=CC1. The number of rotatable bonds is 1. The Hall–Kier alpha value is -0.0300. The van der Waals surface area contributed by atoms with E-state index in [-0.39, 0.29) is 6.42 Å². The number of allylic oxidation sites excluding steroid dienone is 3. The van der Waals surface area contributed by atoms with Crippen LogP contribution in [0.1, 0.15) is 6.42 Å². The minimum Gasteiger partial charge on any atom is -0.284 e. The topological polar surface area (TPSA) is 54.4 Å². The lowest BCUT2D eigenvalue weighted by molar-refractivity contribution is 0.468. The van der Waals surface area contributed by atoms with Gasteiger partial charge in [0.05, 0.1) is 0 Å². The van der Waals surface area contributed by atoms with Crippen molar-refractivity contribution in [2.24, 2.45) is 0 Å². The fourth-order valence-corrected chi connectivity index (χ4v) is 1.58. The third-order valence-electron chi connectivity index (χ3n) is 1.50. The molecule has 1 unspecified atom stereocenters. The van der Waals surface area contributed by atoms with Crippen LogP contribution in [0.25, 0.3) is 0 Å². The maximum atomic E-state index is 10.7. The average molecular weight is 229 g/mol. The molecule has 1 aliphatic carbocycles. The lowest BCUT2D eigenvalue weighted by Gasteiger charge is -2.20. The first kappa shape index (κ1) is 10.1. The van der Waals surface area contributed by atoms with Crippen molar-refractivity contribution in [2.45, 2.75) is 10.6 Å². The Balaban J connectivity index is 3.02. The second kappa shape index (κ2) is 3.03. The van der Waals surface area contributed by atoms with Crippen LogP contribution in [0.2, 0.25) is 0 Å². The second-order valence-electron chi connectivity index (χ2n) is 2.39. The quantitative estimate of drug-likeness (QED) is 0.551. The molecule has 68 valence electrons. The highest BCUT2D eigenvalue weighted by Gasteiger charge is 2.38. The van der Waals surface area contributed by atoms with Gasteiger partial charge in [-0.15, -0.1) is 0 Å². The molecule has 0 amide bonds. The van der Waals surface area contributed by atoms with Crippen molar-refractivity contribution >= 4 is 33.3 Å². The highest BCUT2D eigenvalue weighted by atomic mass is 35.5. The summed E-state index contributed by atoms with van der Waals surface area (Å²) in [7, 11) is -4.27. The third-order valence-corrected chi connectivity index (χ3v) is 3.80. The molecule has 0 heterocycles. The van der Waals surface area contributed by atoms with E-state index in [0.717, 1.165) is 6.08 Å². The summed E-state index contributed by atoms with van der Waals surface area (Å²) in [6, 6.07) is 0. The van der Waals surface area contributed by atoms with E-state index in [0.29, 0.717) is 5.03 Å². The standard InChI is InChI=1S/C6H6Cl2O3S/c7-5-1-3-6(8,4-2-5)12(9,10)11/h1-3H,4H2,(H,9,10,11). The molecule has 1 N–H and O–H groups in total. The number of alkyl halides is 1. The normalized spacial score (nSPS) is 30.1. The summed E-state index contributed by atoms with van der Waals surface area (Å²) >= 11 is 11.1. The van der Waals surface area contributed by atoms with Crippen LogP contribution in [0.3, 0.4) is 0 Å². The van der Waals surface area contributed by atoms with Gasteiger partial charge >= 0.3 is 0 Å². The molecule has 3 nitrogen and oxygen atoms in total. The van der Waals surface area contributed by atoms with Crippen LogP contribution in [-0.2, 0) is 10.1 Å². The van der Waals surface area contributed by atoms with Crippen molar-refractivity contribution in [1.29, 1.82) is 0 Å². The van der Waals surface area contributed by atoms with Crippen LogP contribution in [0.5, 0.6) is 0 Å². The van der Waals surface area contributed by atoms with Gasteiger partial charge in [0.15, 0.2) is 4.21 Å². The van der Waals surface area contributed by atoms with Crippen molar-refractivity contribution < 1.29 is 13.0 Å². The molecule has 0 aromatic carbocycles. The van der Waals surface area contributed by atoms with Crippen LogP contribution in [-0.4, -0.2) is 17.2 Å². The summed E-state index contributed by atoms with van der Waals surface area (Å²) in [6.45, 7) is 0. The highest BCUT2D eigenvalue weighted by molar-refractivity contribution is 7.88. The Morgan fingerprint density at radius 1 is 1.58 bits per heavy atom. The van der Waals surface area contributed by atoms with E-state index in [4.69, 9.17) is 27.8 Å². The van der Waals surface area contributed by atoms with Crippen molar-refractivity contribution in [3.63, 3.8) is 0 Å². The van der Waals surface area contributed by atoms with E-state index in [1.165, 1.54) is 12.2 Å². The van der Waals surface area contributed by atoms with E-state index >= 15 is 0 Å². The smallest absolute Gasteiger partial charge is 0.284 e. The lowest BCUT2D eigenvalue weighted by Crippen LogP contribution is -2.30. The summed E-state index contributed by atoms with van der Waals surface area (Å²) in [5.41, 5.74) is 0. The Labute approximate surface area is 80.4 Å². The maximum Gasteiger partial charge on any atom is 0.288 e. The molecule has 0 saturated heterocycles. The maximum absolute atomic E-state index is 10.7. The zero-order valence-corrected chi connectivity index (χ0v) is 8.20. The first-order chi connectivity index (χ1) is 5.35. The predicted molar refractivity (Wildman–Crippen MR) is 47.8 cm³/mol. The zero-order valence-electron chi connectivity index (χ0n) is 5.87. The highest BCUT2D eigenvalue weighted by Crippen LogP contribution is 2.33. The van der Waals surface area contributed by atoms with Gasteiger partial charge in [-0.05, 0) is 12.2 Å². The van der Waals surface area contributed by atoms with Crippen LogP contribution >= 0.6 is 23.2 Å². The van der Waals surface area contributed by atoms with Crippen LogP contribution in [0.15, 0.2) is 23.3 Å². The van der Waals surface area contributed by atoms with Gasteiger partial charge in [0.1, 0.15) is 0 Å². The molecule has 1 rings (SSSR count). The van der Waals surface area contributed by atoms with Crippen molar-refractivity contribution in [3.05, 3.63) is 23.3 Å². The Morgan fingerprint density at radius 3 is 2.50 bits per heavy atom. The number of hydrogen-bond donors (Lipinski definition) is 1. The van der Waals surface area contributed by atoms with Gasteiger partial charge in [-0.2, -0.15) is 8.42 Å². The van der Waals surface area contributed by atoms with Crippen molar-refractivity contribution in [2.75, 3.05) is 0 Å². The molecule has 6 heteroatoms. The molecular weight excluding hydrogens is 223 g/mol. The van der Waals surface area contributed by atoms with Crippen LogP contribution in [0.4, 0.5) is 0 Å². The summed E-state index contributed by atoms with van der Waals surface area (Å²) in [4.78, 5) is 0. The fraction of sp³-hybridized carbons (Fsp3) is 0.333.